The van der Waals surface area contributed by atoms with Gasteiger partial charge >= 0.3 is 0 Å². The Kier molecular flexibility index (Phi) is 7.62. The maximum atomic E-state index is 9.71. The quantitative estimate of drug-likeness (QED) is 0.726. The molecule has 0 aliphatic carbocycles. The molecule has 0 aromatic heterocycles. The Bertz CT molecular complexity index is 146. The molecule has 0 saturated heterocycles. The second-order valence-corrected chi connectivity index (χ2v) is 4.41. The Hall–Kier alpha value is 0.140. The molecule has 0 rings (SSSR count). The lowest BCUT2D eigenvalue weighted by molar-refractivity contribution is 0.102. The van der Waals surface area contributed by atoms with E-state index in [1.54, 1.807) is 0 Å². The number of hydrogen-bond donors (Lipinski definition) is 2. The number of aliphatic hydroxyl groups is 1. The predicted octanol–water partition coefficient (Wildman–Crippen LogP) is 2.28. The van der Waals surface area contributed by atoms with Gasteiger partial charge < -0.3 is 10.4 Å². The zero-order chi connectivity index (χ0) is 10.3. The van der Waals surface area contributed by atoms with Gasteiger partial charge in [-0.05, 0) is 5.92 Å². The molecule has 0 saturated carbocycles. The number of nitrogens with one attached hydrogen (secondary N) is 1. The van der Waals surface area contributed by atoms with Crippen LogP contribution < -0.4 is 5.32 Å². The Morgan fingerprint density at radius 2 is 2.00 bits per heavy atom. The SMILES string of the molecule is C=C(Br)CNCC(O)C(CC)CC. The lowest BCUT2D eigenvalue weighted by atomic mass is 9.97. The first-order valence-corrected chi connectivity index (χ1v) is 5.63. The first kappa shape index (κ1) is 13.1. The van der Waals surface area contributed by atoms with Crippen molar-refractivity contribution >= 4 is 15.9 Å². The Balaban J connectivity index is 3.59. The molecular weight excluding hydrogens is 230 g/mol. The minimum Gasteiger partial charge on any atom is -0.392 e. The highest BCUT2D eigenvalue weighted by Crippen LogP contribution is 2.12. The minimum absolute atomic E-state index is 0.234. The fourth-order valence-electron chi connectivity index (χ4n) is 1.36. The molecule has 0 amide bonds. The zero-order valence-corrected chi connectivity index (χ0v) is 10.1. The van der Waals surface area contributed by atoms with Crippen LogP contribution in [0.4, 0.5) is 0 Å². The molecule has 0 aliphatic rings. The molecule has 1 atom stereocenters. The number of hydrogen-bond acceptors (Lipinski definition) is 2. The average molecular weight is 250 g/mol. The third kappa shape index (κ3) is 6.24. The van der Waals surface area contributed by atoms with Gasteiger partial charge in [-0.1, -0.05) is 49.2 Å². The first-order valence-electron chi connectivity index (χ1n) is 4.83. The highest BCUT2D eigenvalue weighted by Gasteiger charge is 2.14. The Morgan fingerprint density at radius 3 is 2.38 bits per heavy atom. The smallest absolute Gasteiger partial charge is 0.0692 e. The fourth-order valence-corrected chi connectivity index (χ4v) is 1.55. The van der Waals surface area contributed by atoms with Crippen LogP contribution >= 0.6 is 15.9 Å². The lowest BCUT2D eigenvalue weighted by Gasteiger charge is -2.20. The van der Waals surface area contributed by atoms with E-state index >= 15 is 0 Å². The van der Waals surface area contributed by atoms with Crippen molar-refractivity contribution < 1.29 is 5.11 Å². The van der Waals surface area contributed by atoms with Gasteiger partial charge in [-0.15, -0.1) is 0 Å². The van der Waals surface area contributed by atoms with Crippen LogP contribution in [0.1, 0.15) is 26.7 Å². The van der Waals surface area contributed by atoms with Crippen molar-refractivity contribution in [1.29, 1.82) is 0 Å². The van der Waals surface area contributed by atoms with Crippen LogP contribution in [0.5, 0.6) is 0 Å². The van der Waals surface area contributed by atoms with E-state index in [2.05, 4.69) is 41.7 Å². The molecule has 13 heavy (non-hydrogen) atoms. The molecule has 0 aromatic rings. The van der Waals surface area contributed by atoms with Gasteiger partial charge in [-0.2, -0.15) is 0 Å². The fraction of sp³-hybridized carbons (Fsp3) is 0.800. The summed E-state index contributed by atoms with van der Waals surface area (Å²) >= 11 is 3.26. The van der Waals surface area contributed by atoms with Gasteiger partial charge in [0.05, 0.1) is 6.10 Å². The van der Waals surface area contributed by atoms with Crippen molar-refractivity contribution in [3.8, 4) is 0 Å². The van der Waals surface area contributed by atoms with E-state index in [0.29, 0.717) is 12.5 Å². The summed E-state index contributed by atoms with van der Waals surface area (Å²) in [6, 6.07) is 0. The van der Waals surface area contributed by atoms with Crippen LogP contribution in [0.2, 0.25) is 0 Å². The third-order valence-electron chi connectivity index (χ3n) is 2.26. The second kappa shape index (κ2) is 7.54. The van der Waals surface area contributed by atoms with Crippen LogP contribution in [0.25, 0.3) is 0 Å². The van der Waals surface area contributed by atoms with Crippen molar-refractivity contribution in [1.82, 2.24) is 5.32 Å². The van der Waals surface area contributed by atoms with E-state index < -0.39 is 0 Å². The third-order valence-corrected chi connectivity index (χ3v) is 2.54. The first-order chi connectivity index (χ1) is 6.11. The van der Waals surface area contributed by atoms with Gasteiger partial charge in [-0.25, -0.2) is 0 Å². The normalized spacial score (nSPS) is 13.3. The molecule has 0 aromatic carbocycles. The largest absolute Gasteiger partial charge is 0.392 e. The summed E-state index contributed by atoms with van der Waals surface area (Å²) < 4.78 is 0.921. The topological polar surface area (TPSA) is 32.3 Å². The molecule has 0 spiro atoms. The van der Waals surface area contributed by atoms with Gasteiger partial charge in [0.2, 0.25) is 0 Å². The molecule has 0 aliphatic heterocycles. The Labute approximate surface area is 89.5 Å². The highest BCUT2D eigenvalue weighted by atomic mass is 79.9. The summed E-state index contributed by atoms with van der Waals surface area (Å²) in [4.78, 5) is 0. The molecule has 3 heteroatoms. The van der Waals surface area contributed by atoms with Gasteiger partial charge in [0.25, 0.3) is 0 Å². The summed E-state index contributed by atoms with van der Waals surface area (Å²) in [6.45, 7) is 9.30. The van der Waals surface area contributed by atoms with Gasteiger partial charge in [0.15, 0.2) is 0 Å². The molecule has 0 radical (unpaired) electrons. The van der Waals surface area contributed by atoms with Crippen LogP contribution in [-0.4, -0.2) is 24.3 Å². The van der Waals surface area contributed by atoms with E-state index in [0.717, 1.165) is 23.9 Å². The standard InChI is InChI=1S/C10H20BrNO/c1-4-9(5-2)10(13)7-12-6-8(3)11/h9-10,12-13H,3-7H2,1-2H3. The van der Waals surface area contributed by atoms with E-state index in [-0.39, 0.29) is 6.10 Å². The zero-order valence-electron chi connectivity index (χ0n) is 8.52. The van der Waals surface area contributed by atoms with Crippen molar-refractivity contribution in [3.05, 3.63) is 11.1 Å². The molecule has 2 nitrogen and oxygen atoms in total. The molecule has 2 N–H and O–H groups in total. The lowest BCUT2D eigenvalue weighted by Crippen LogP contribution is -2.32. The van der Waals surface area contributed by atoms with Crippen molar-refractivity contribution in [3.63, 3.8) is 0 Å². The molecule has 0 heterocycles. The van der Waals surface area contributed by atoms with Crippen LogP contribution in [0.3, 0.4) is 0 Å². The van der Waals surface area contributed by atoms with E-state index in [1.807, 2.05) is 0 Å². The number of rotatable bonds is 7. The number of aliphatic hydroxyl groups excluding tert-OH is 1. The van der Waals surface area contributed by atoms with E-state index in [4.69, 9.17) is 0 Å². The predicted molar refractivity (Wildman–Crippen MR) is 61.0 cm³/mol. The van der Waals surface area contributed by atoms with Gasteiger partial charge in [-0.3, -0.25) is 0 Å². The molecular formula is C10H20BrNO. The summed E-state index contributed by atoms with van der Waals surface area (Å²) in [5.41, 5.74) is 0. The summed E-state index contributed by atoms with van der Waals surface area (Å²) in [5.74, 6) is 0.413. The molecule has 0 bridgehead atoms. The van der Waals surface area contributed by atoms with Gasteiger partial charge in [0.1, 0.15) is 0 Å². The van der Waals surface area contributed by atoms with Crippen LogP contribution in [-0.2, 0) is 0 Å². The van der Waals surface area contributed by atoms with Gasteiger partial charge in [0, 0.05) is 17.6 Å². The second-order valence-electron chi connectivity index (χ2n) is 3.29. The van der Waals surface area contributed by atoms with Crippen molar-refractivity contribution in [2.24, 2.45) is 5.92 Å². The molecule has 1 unspecified atom stereocenters. The maximum Gasteiger partial charge on any atom is 0.0692 e. The summed E-state index contributed by atoms with van der Waals surface area (Å²) in [7, 11) is 0. The Morgan fingerprint density at radius 1 is 1.46 bits per heavy atom. The minimum atomic E-state index is -0.234. The van der Waals surface area contributed by atoms with Crippen LogP contribution in [0.15, 0.2) is 11.1 Å². The average Bonchev–Trinajstić information content (AvgIpc) is 2.05. The highest BCUT2D eigenvalue weighted by molar-refractivity contribution is 9.11. The van der Waals surface area contributed by atoms with Crippen molar-refractivity contribution in [2.45, 2.75) is 32.8 Å². The van der Waals surface area contributed by atoms with Crippen LogP contribution in [0, 0.1) is 5.92 Å². The number of halogens is 1. The summed E-state index contributed by atoms with van der Waals surface area (Å²) in [5, 5.41) is 12.9. The van der Waals surface area contributed by atoms with Crippen molar-refractivity contribution in [2.75, 3.05) is 13.1 Å². The summed E-state index contributed by atoms with van der Waals surface area (Å²) in [6.07, 6.45) is 1.84. The monoisotopic (exact) mass is 249 g/mol. The molecule has 0 fully saturated rings. The van der Waals surface area contributed by atoms with E-state index in [1.165, 1.54) is 0 Å². The van der Waals surface area contributed by atoms with E-state index in [9.17, 15) is 5.11 Å². The maximum absolute atomic E-state index is 9.71. The molecule has 78 valence electrons.